The minimum Gasteiger partial charge on any atom is -0.490 e. The number of nitrogens with two attached hydrogens (primary N) is 1. The number of benzene rings is 1. The molecule has 2 N–H and O–H groups in total. The molecule has 1 aliphatic rings. The molecule has 0 radical (unpaired) electrons. The van der Waals surface area contributed by atoms with Crippen LogP contribution in [-0.4, -0.2) is 24.7 Å². The maximum atomic E-state index is 5.85. The van der Waals surface area contributed by atoms with Gasteiger partial charge in [-0.1, -0.05) is 26.2 Å². The Morgan fingerprint density at radius 3 is 2.91 bits per heavy atom. The van der Waals surface area contributed by atoms with Crippen LogP contribution in [0.2, 0.25) is 0 Å². The van der Waals surface area contributed by atoms with Gasteiger partial charge < -0.3 is 15.4 Å². The van der Waals surface area contributed by atoms with Crippen LogP contribution in [0.15, 0.2) is 18.2 Å². The minimum absolute atomic E-state index is 0.628. The summed E-state index contributed by atoms with van der Waals surface area (Å²) in [5.74, 6) is 0.983. The fraction of sp³-hybridized carbons (Fsp3) is 0.500. The number of hydrogen-bond acceptors (Lipinski definition) is 5. The van der Waals surface area contributed by atoms with E-state index in [1.54, 1.807) is 11.3 Å². The number of fused-ring (bicyclic) bond motifs is 1. The average Bonchev–Trinajstić information content (AvgIpc) is 2.90. The van der Waals surface area contributed by atoms with Gasteiger partial charge in [0.2, 0.25) is 0 Å². The van der Waals surface area contributed by atoms with Gasteiger partial charge in [-0.2, -0.15) is 0 Å². The van der Waals surface area contributed by atoms with E-state index in [4.69, 9.17) is 10.5 Å². The SMILES string of the molecule is CCCCCCN1CCOc2ccc(-c3nc(N)sc3C)cc21. The van der Waals surface area contributed by atoms with Gasteiger partial charge in [-0.05, 0) is 31.5 Å². The second-order valence-electron chi connectivity index (χ2n) is 6.04. The van der Waals surface area contributed by atoms with E-state index in [2.05, 4.69) is 41.9 Å². The van der Waals surface area contributed by atoms with Gasteiger partial charge in [0.1, 0.15) is 12.4 Å². The third-order valence-corrected chi connectivity index (χ3v) is 5.09. The molecule has 0 saturated heterocycles. The normalized spacial score (nSPS) is 13.7. The Labute approximate surface area is 142 Å². The van der Waals surface area contributed by atoms with Crippen molar-refractivity contribution in [3.63, 3.8) is 0 Å². The van der Waals surface area contributed by atoms with Crippen molar-refractivity contribution in [1.82, 2.24) is 4.98 Å². The predicted molar refractivity (Wildman–Crippen MR) is 98.5 cm³/mol. The van der Waals surface area contributed by atoms with Crippen molar-refractivity contribution in [2.45, 2.75) is 39.5 Å². The van der Waals surface area contributed by atoms with Crippen molar-refractivity contribution < 1.29 is 4.74 Å². The second kappa shape index (κ2) is 7.21. The van der Waals surface area contributed by atoms with Crippen LogP contribution in [-0.2, 0) is 0 Å². The van der Waals surface area contributed by atoms with Crippen molar-refractivity contribution in [3.8, 4) is 17.0 Å². The van der Waals surface area contributed by atoms with Gasteiger partial charge in [0, 0.05) is 17.0 Å². The molecule has 2 aromatic rings. The molecule has 0 amide bonds. The van der Waals surface area contributed by atoms with Crippen LogP contribution in [0.1, 0.15) is 37.5 Å². The number of ether oxygens (including phenoxy) is 1. The molecule has 0 unspecified atom stereocenters. The molecule has 4 nitrogen and oxygen atoms in total. The Bertz CT molecular complexity index is 668. The standard InChI is InChI=1S/C18H25N3OS/c1-3-4-5-6-9-21-10-11-22-16-8-7-14(12-15(16)21)17-13(2)23-18(19)20-17/h7-8,12H,3-6,9-11H2,1-2H3,(H2,19,20). The maximum absolute atomic E-state index is 5.85. The van der Waals surface area contributed by atoms with Crippen LogP contribution in [0.3, 0.4) is 0 Å². The summed E-state index contributed by atoms with van der Waals surface area (Å²) in [4.78, 5) is 8.09. The zero-order valence-corrected chi connectivity index (χ0v) is 14.8. The molecule has 3 rings (SSSR count). The number of aryl methyl sites for hydroxylation is 1. The van der Waals surface area contributed by atoms with Crippen LogP contribution in [0.5, 0.6) is 5.75 Å². The molecule has 1 aliphatic heterocycles. The second-order valence-corrected chi connectivity index (χ2v) is 7.27. The molecule has 124 valence electrons. The van der Waals surface area contributed by atoms with E-state index in [1.165, 1.54) is 31.4 Å². The summed E-state index contributed by atoms with van der Waals surface area (Å²) in [7, 11) is 0. The fourth-order valence-corrected chi connectivity index (χ4v) is 3.78. The Morgan fingerprint density at radius 1 is 1.30 bits per heavy atom. The quantitative estimate of drug-likeness (QED) is 0.793. The van der Waals surface area contributed by atoms with Gasteiger partial charge in [0.05, 0.1) is 17.9 Å². The lowest BCUT2D eigenvalue weighted by molar-refractivity contribution is 0.307. The van der Waals surface area contributed by atoms with E-state index >= 15 is 0 Å². The first-order valence-electron chi connectivity index (χ1n) is 8.44. The van der Waals surface area contributed by atoms with Crippen LogP contribution >= 0.6 is 11.3 Å². The number of unbranched alkanes of at least 4 members (excludes halogenated alkanes) is 3. The monoisotopic (exact) mass is 331 g/mol. The molecule has 1 aromatic heterocycles. The van der Waals surface area contributed by atoms with Gasteiger partial charge in [-0.15, -0.1) is 11.3 Å². The largest absolute Gasteiger partial charge is 0.490 e. The molecule has 0 spiro atoms. The highest BCUT2D eigenvalue weighted by atomic mass is 32.1. The fourth-order valence-electron chi connectivity index (χ4n) is 3.07. The number of hydrogen-bond donors (Lipinski definition) is 1. The average molecular weight is 331 g/mol. The zero-order chi connectivity index (χ0) is 16.2. The van der Waals surface area contributed by atoms with Crippen molar-refractivity contribution >= 4 is 22.2 Å². The van der Waals surface area contributed by atoms with E-state index < -0.39 is 0 Å². The minimum atomic E-state index is 0.628. The van der Waals surface area contributed by atoms with Crippen LogP contribution in [0.4, 0.5) is 10.8 Å². The Kier molecular flexibility index (Phi) is 5.06. The van der Waals surface area contributed by atoms with Gasteiger partial charge in [-0.25, -0.2) is 4.98 Å². The molecule has 2 heterocycles. The van der Waals surface area contributed by atoms with Crippen molar-refractivity contribution in [1.29, 1.82) is 0 Å². The lowest BCUT2D eigenvalue weighted by Gasteiger charge is -2.31. The summed E-state index contributed by atoms with van der Waals surface area (Å²) in [6.45, 7) is 7.14. The first-order chi connectivity index (χ1) is 11.2. The Balaban J connectivity index is 1.83. The Hall–Kier alpha value is -1.75. The summed E-state index contributed by atoms with van der Waals surface area (Å²) in [6, 6.07) is 6.36. The molecule has 0 aliphatic carbocycles. The summed E-state index contributed by atoms with van der Waals surface area (Å²) in [6.07, 6.45) is 5.12. The van der Waals surface area contributed by atoms with Crippen molar-refractivity contribution in [2.75, 3.05) is 30.3 Å². The molecule has 0 bridgehead atoms. The topological polar surface area (TPSA) is 51.4 Å². The molecule has 23 heavy (non-hydrogen) atoms. The van der Waals surface area contributed by atoms with E-state index in [0.717, 1.165) is 41.6 Å². The number of anilines is 2. The highest BCUT2D eigenvalue weighted by molar-refractivity contribution is 7.15. The van der Waals surface area contributed by atoms with E-state index in [0.29, 0.717) is 5.13 Å². The molecule has 0 fully saturated rings. The third kappa shape index (κ3) is 3.61. The molecule has 5 heteroatoms. The maximum Gasteiger partial charge on any atom is 0.180 e. The summed E-state index contributed by atoms with van der Waals surface area (Å²) >= 11 is 1.54. The first-order valence-corrected chi connectivity index (χ1v) is 9.25. The predicted octanol–water partition coefficient (Wildman–Crippen LogP) is 4.48. The molecule has 1 aromatic carbocycles. The molecular formula is C18H25N3OS. The lowest BCUT2D eigenvalue weighted by atomic mass is 10.1. The zero-order valence-electron chi connectivity index (χ0n) is 14.0. The van der Waals surface area contributed by atoms with Crippen LogP contribution in [0, 0.1) is 6.92 Å². The Morgan fingerprint density at radius 2 is 2.17 bits per heavy atom. The molecular weight excluding hydrogens is 306 g/mol. The molecule has 0 atom stereocenters. The van der Waals surface area contributed by atoms with Crippen molar-refractivity contribution in [3.05, 3.63) is 23.1 Å². The third-order valence-electron chi connectivity index (χ3n) is 4.29. The van der Waals surface area contributed by atoms with Gasteiger partial charge >= 0.3 is 0 Å². The summed E-state index contributed by atoms with van der Waals surface area (Å²) < 4.78 is 5.82. The number of aromatic nitrogens is 1. The smallest absolute Gasteiger partial charge is 0.180 e. The van der Waals surface area contributed by atoms with Crippen LogP contribution < -0.4 is 15.4 Å². The van der Waals surface area contributed by atoms with E-state index in [9.17, 15) is 0 Å². The number of nitrogens with zero attached hydrogens (tertiary/aromatic N) is 2. The van der Waals surface area contributed by atoms with E-state index in [-0.39, 0.29) is 0 Å². The lowest BCUT2D eigenvalue weighted by Crippen LogP contribution is -2.33. The van der Waals surface area contributed by atoms with Crippen molar-refractivity contribution in [2.24, 2.45) is 0 Å². The summed E-state index contributed by atoms with van der Waals surface area (Å²) in [5.41, 5.74) is 9.16. The summed E-state index contributed by atoms with van der Waals surface area (Å²) in [5, 5.41) is 0.628. The van der Waals surface area contributed by atoms with Gasteiger partial charge in [0.15, 0.2) is 5.13 Å². The molecule has 0 saturated carbocycles. The first kappa shape index (κ1) is 16.1. The van der Waals surface area contributed by atoms with Crippen LogP contribution in [0.25, 0.3) is 11.3 Å². The van der Waals surface area contributed by atoms with Gasteiger partial charge in [0.25, 0.3) is 0 Å². The highest BCUT2D eigenvalue weighted by Gasteiger charge is 2.19. The number of rotatable bonds is 6. The van der Waals surface area contributed by atoms with E-state index in [1.807, 2.05) is 0 Å². The van der Waals surface area contributed by atoms with Gasteiger partial charge in [-0.3, -0.25) is 0 Å². The number of nitrogen functional groups attached to an aromatic ring is 1. The highest BCUT2D eigenvalue weighted by Crippen LogP contribution is 2.37. The number of thiazole rings is 1.